The molecule has 2 aromatic heterocycles. The SMILES string of the molecule is Cc1ncccc1-c1ccc(-c2ccc(-c3c4ccccc4c(-c4ccc5c(c4)CCC=C5)c4ccccc34)cc2)cn1. The largest absolute Gasteiger partial charge is 0.261 e. The number of hydrogen-bond donors (Lipinski definition) is 0. The van der Waals surface area contributed by atoms with E-state index in [1.165, 1.54) is 54.9 Å². The van der Waals surface area contributed by atoms with Crippen LogP contribution in [0.3, 0.4) is 0 Å². The monoisotopic (exact) mass is 550 g/mol. The number of rotatable bonds is 4. The number of aryl methyl sites for hydroxylation is 2. The lowest BCUT2D eigenvalue weighted by molar-refractivity contribution is 0.986. The molecule has 0 atom stereocenters. The highest BCUT2D eigenvalue weighted by atomic mass is 14.7. The number of fused-ring (bicyclic) bond motifs is 3. The molecular formula is C41H30N2. The Hall–Kier alpha value is -5.34. The second-order valence-electron chi connectivity index (χ2n) is 11.3. The fourth-order valence-electron chi connectivity index (χ4n) is 6.65. The van der Waals surface area contributed by atoms with E-state index in [0.717, 1.165) is 40.9 Å². The lowest BCUT2D eigenvalue weighted by Gasteiger charge is -2.19. The maximum atomic E-state index is 4.77. The predicted octanol–water partition coefficient (Wildman–Crippen LogP) is 10.7. The molecular weight excluding hydrogens is 520 g/mol. The van der Waals surface area contributed by atoms with Gasteiger partial charge >= 0.3 is 0 Å². The van der Waals surface area contributed by atoms with E-state index in [9.17, 15) is 0 Å². The summed E-state index contributed by atoms with van der Waals surface area (Å²) in [6.07, 6.45) is 10.5. The molecule has 7 aromatic rings. The van der Waals surface area contributed by atoms with Gasteiger partial charge in [-0.2, -0.15) is 0 Å². The average molecular weight is 551 g/mol. The summed E-state index contributed by atoms with van der Waals surface area (Å²) in [4.78, 5) is 9.19. The zero-order valence-electron chi connectivity index (χ0n) is 24.1. The number of hydrogen-bond acceptors (Lipinski definition) is 2. The molecule has 2 heterocycles. The van der Waals surface area contributed by atoms with Crippen LogP contribution in [0.25, 0.3) is 72.3 Å². The van der Waals surface area contributed by atoms with Crippen molar-refractivity contribution in [3.05, 3.63) is 151 Å². The first-order chi connectivity index (χ1) is 21.2. The second-order valence-corrected chi connectivity index (χ2v) is 11.3. The summed E-state index contributed by atoms with van der Waals surface area (Å²) in [5.74, 6) is 0. The molecule has 0 N–H and O–H groups in total. The van der Waals surface area contributed by atoms with E-state index in [-0.39, 0.29) is 0 Å². The standard InChI is InChI=1S/C41H30N2/c1-27-34(15-8-24-42-27)39-23-22-33(26-43-39)29-16-19-30(20-17-29)40-35-11-4-6-13-37(35)41(38-14-7-5-12-36(38)40)32-21-18-28-9-2-3-10-31(28)25-32/h2,4-9,11-26H,3,10H2,1H3. The third-order valence-corrected chi connectivity index (χ3v) is 8.79. The van der Waals surface area contributed by atoms with Crippen LogP contribution in [0.1, 0.15) is 23.2 Å². The molecule has 204 valence electrons. The first-order valence-electron chi connectivity index (χ1n) is 15.0. The Kier molecular flexibility index (Phi) is 6.19. The molecule has 1 aliphatic carbocycles. The van der Waals surface area contributed by atoms with E-state index in [1.54, 1.807) is 0 Å². The summed E-state index contributed by atoms with van der Waals surface area (Å²) in [6.45, 7) is 2.02. The minimum absolute atomic E-state index is 0.944. The van der Waals surface area contributed by atoms with Gasteiger partial charge in [0, 0.05) is 29.2 Å². The highest BCUT2D eigenvalue weighted by Gasteiger charge is 2.17. The van der Waals surface area contributed by atoms with Crippen LogP contribution in [0.15, 0.2) is 134 Å². The van der Waals surface area contributed by atoms with Gasteiger partial charge in [0.05, 0.1) is 5.69 Å². The van der Waals surface area contributed by atoms with Crippen LogP contribution in [0.2, 0.25) is 0 Å². The fourth-order valence-corrected chi connectivity index (χ4v) is 6.65. The quantitative estimate of drug-likeness (QED) is 0.204. The van der Waals surface area contributed by atoms with E-state index >= 15 is 0 Å². The van der Waals surface area contributed by atoms with Crippen molar-refractivity contribution in [2.45, 2.75) is 19.8 Å². The predicted molar refractivity (Wildman–Crippen MR) is 181 cm³/mol. The molecule has 0 amide bonds. The Labute approximate surface area is 252 Å². The second kappa shape index (κ2) is 10.5. The Morgan fingerprint density at radius 1 is 0.558 bits per heavy atom. The molecule has 1 aliphatic rings. The molecule has 2 nitrogen and oxygen atoms in total. The summed E-state index contributed by atoms with van der Waals surface area (Å²) in [7, 11) is 0. The summed E-state index contributed by atoms with van der Waals surface area (Å²) in [5, 5.41) is 5.13. The van der Waals surface area contributed by atoms with Crippen LogP contribution in [0, 0.1) is 6.92 Å². The Morgan fingerprint density at radius 2 is 1.19 bits per heavy atom. The molecule has 43 heavy (non-hydrogen) atoms. The van der Waals surface area contributed by atoms with Crippen LogP contribution in [-0.4, -0.2) is 9.97 Å². The van der Waals surface area contributed by atoms with Gasteiger partial charge in [0.1, 0.15) is 0 Å². The van der Waals surface area contributed by atoms with Crippen molar-refractivity contribution in [3.8, 4) is 44.6 Å². The molecule has 0 saturated carbocycles. The molecule has 2 heteroatoms. The van der Waals surface area contributed by atoms with Crippen molar-refractivity contribution in [2.24, 2.45) is 0 Å². The van der Waals surface area contributed by atoms with Gasteiger partial charge in [0.25, 0.3) is 0 Å². The summed E-state index contributed by atoms with van der Waals surface area (Å²) >= 11 is 0. The van der Waals surface area contributed by atoms with E-state index in [0.29, 0.717) is 0 Å². The zero-order valence-corrected chi connectivity index (χ0v) is 24.1. The van der Waals surface area contributed by atoms with E-state index < -0.39 is 0 Å². The van der Waals surface area contributed by atoms with Crippen molar-refractivity contribution >= 4 is 27.6 Å². The Bertz CT molecular complexity index is 2110. The van der Waals surface area contributed by atoms with Gasteiger partial charge in [-0.25, -0.2) is 0 Å². The molecule has 0 fully saturated rings. The molecule has 0 saturated heterocycles. The van der Waals surface area contributed by atoms with E-state index in [4.69, 9.17) is 4.98 Å². The summed E-state index contributed by atoms with van der Waals surface area (Å²) < 4.78 is 0. The van der Waals surface area contributed by atoms with Gasteiger partial charge in [0.2, 0.25) is 0 Å². The van der Waals surface area contributed by atoms with Gasteiger partial charge in [-0.3, -0.25) is 9.97 Å². The van der Waals surface area contributed by atoms with Crippen molar-refractivity contribution in [1.82, 2.24) is 9.97 Å². The van der Waals surface area contributed by atoms with Crippen LogP contribution < -0.4 is 0 Å². The van der Waals surface area contributed by atoms with Gasteiger partial charge < -0.3 is 0 Å². The van der Waals surface area contributed by atoms with Gasteiger partial charge in [-0.05, 0) is 98.5 Å². The molecule has 5 aromatic carbocycles. The van der Waals surface area contributed by atoms with E-state index in [1.807, 2.05) is 25.4 Å². The van der Waals surface area contributed by atoms with Crippen molar-refractivity contribution in [3.63, 3.8) is 0 Å². The van der Waals surface area contributed by atoms with Crippen LogP contribution >= 0.6 is 0 Å². The van der Waals surface area contributed by atoms with Crippen molar-refractivity contribution in [2.75, 3.05) is 0 Å². The molecule has 0 unspecified atom stereocenters. The molecule has 0 spiro atoms. The smallest absolute Gasteiger partial charge is 0.0720 e. The van der Waals surface area contributed by atoms with Gasteiger partial charge in [0.15, 0.2) is 0 Å². The first-order valence-corrected chi connectivity index (χ1v) is 15.0. The molecule has 0 radical (unpaired) electrons. The normalized spacial score (nSPS) is 12.5. The maximum absolute atomic E-state index is 4.77. The average Bonchev–Trinajstić information content (AvgIpc) is 3.07. The minimum Gasteiger partial charge on any atom is -0.261 e. The minimum atomic E-state index is 0.944. The number of aromatic nitrogens is 2. The Morgan fingerprint density at radius 3 is 1.84 bits per heavy atom. The highest BCUT2D eigenvalue weighted by molar-refractivity contribution is 6.21. The third-order valence-electron chi connectivity index (χ3n) is 8.79. The van der Waals surface area contributed by atoms with Crippen molar-refractivity contribution in [1.29, 1.82) is 0 Å². The molecule has 0 aliphatic heterocycles. The van der Waals surface area contributed by atoms with Crippen LogP contribution in [0.5, 0.6) is 0 Å². The highest BCUT2D eigenvalue weighted by Crippen LogP contribution is 2.44. The molecule has 8 rings (SSSR count). The van der Waals surface area contributed by atoms with Gasteiger partial charge in [-0.1, -0.05) is 109 Å². The summed E-state index contributed by atoms with van der Waals surface area (Å²) in [5.41, 5.74) is 13.1. The Balaban J connectivity index is 1.24. The van der Waals surface area contributed by atoms with Crippen LogP contribution in [0.4, 0.5) is 0 Å². The third kappa shape index (κ3) is 4.43. The molecule has 0 bridgehead atoms. The van der Waals surface area contributed by atoms with Crippen molar-refractivity contribution < 1.29 is 0 Å². The number of pyridine rings is 2. The zero-order chi connectivity index (χ0) is 28.8. The maximum Gasteiger partial charge on any atom is 0.0720 e. The number of benzene rings is 5. The first kappa shape index (κ1) is 25.4. The van der Waals surface area contributed by atoms with E-state index in [2.05, 4.69) is 126 Å². The lowest BCUT2D eigenvalue weighted by atomic mass is 9.84. The fraction of sp³-hybridized carbons (Fsp3) is 0.0732. The number of nitrogens with zero attached hydrogens (tertiary/aromatic N) is 2. The van der Waals surface area contributed by atoms with Gasteiger partial charge in [-0.15, -0.1) is 0 Å². The lowest BCUT2D eigenvalue weighted by Crippen LogP contribution is -1.96. The topological polar surface area (TPSA) is 25.8 Å². The summed E-state index contributed by atoms with van der Waals surface area (Å²) in [6, 6.07) is 42.0. The number of allylic oxidation sites excluding steroid dienone is 1. The van der Waals surface area contributed by atoms with Crippen LogP contribution in [-0.2, 0) is 6.42 Å².